The zero-order chi connectivity index (χ0) is 15.2. The Morgan fingerprint density at radius 2 is 2.00 bits per heavy atom. The number of nitrogens with zero attached hydrogens (tertiary/aromatic N) is 5. The number of thioether (sulfide) groups is 1. The molecule has 0 amide bonds. The van der Waals surface area contributed by atoms with Crippen molar-refractivity contribution in [1.82, 2.24) is 20.2 Å². The molecule has 1 unspecified atom stereocenters. The SMILES string of the molecule is Cc1ccc(CC(C#N)Sc2nnnn2CC(C)C)cc1. The largest absolute Gasteiger partial charge is 0.220 e. The highest BCUT2D eigenvalue weighted by Gasteiger charge is 2.16. The summed E-state index contributed by atoms with van der Waals surface area (Å²) in [6.45, 7) is 7.05. The Morgan fingerprint density at radius 3 is 2.62 bits per heavy atom. The first kappa shape index (κ1) is 15.5. The van der Waals surface area contributed by atoms with E-state index >= 15 is 0 Å². The van der Waals surface area contributed by atoms with Crippen LogP contribution in [0.5, 0.6) is 0 Å². The summed E-state index contributed by atoms with van der Waals surface area (Å²) in [4.78, 5) is 0. The molecule has 1 aromatic heterocycles. The fourth-order valence-corrected chi connectivity index (χ4v) is 2.82. The van der Waals surface area contributed by atoms with Gasteiger partial charge < -0.3 is 0 Å². The van der Waals surface area contributed by atoms with Gasteiger partial charge in [-0.05, 0) is 35.3 Å². The number of tetrazole rings is 1. The smallest absolute Gasteiger partial charge is 0.210 e. The van der Waals surface area contributed by atoms with Crippen LogP contribution in [0, 0.1) is 24.2 Å². The van der Waals surface area contributed by atoms with Crippen molar-refractivity contribution in [2.45, 2.75) is 44.1 Å². The molecular weight excluding hydrogens is 282 g/mol. The maximum atomic E-state index is 9.36. The molecule has 2 rings (SSSR count). The average molecular weight is 301 g/mol. The van der Waals surface area contributed by atoms with Crippen molar-refractivity contribution in [2.24, 2.45) is 5.92 Å². The summed E-state index contributed by atoms with van der Waals surface area (Å²) in [5.41, 5.74) is 2.38. The van der Waals surface area contributed by atoms with Crippen molar-refractivity contribution in [3.05, 3.63) is 35.4 Å². The summed E-state index contributed by atoms with van der Waals surface area (Å²) >= 11 is 1.43. The van der Waals surface area contributed by atoms with Crippen LogP contribution in [0.15, 0.2) is 29.4 Å². The molecule has 0 bridgehead atoms. The quantitative estimate of drug-likeness (QED) is 0.767. The van der Waals surface area contributed by atoms with E-state index < -0.39 is 0 Å². The van der Waals surface area contributed by atoms with Crippen LogP contribution < -0.4 is 0 Å². The van der Waals surface area contributed by atoms with Crippen molar-refractivity contribution in [1.29, 1.82) is 5.26 Å². The van der Waals surface area contributed by atoms with Crippen molar-refractivity contribution in [3.8, 4) is 6.07 Å². The molecule has 110 valence electrons. The first-order valence-electron chi connectivity index (χ1n) is 6.96. The maximum Gasteiger partial charge on any atom is 0.210 e. The van der Waals surface area contributed by atoms with Gasteiger partial charge in [0.05, 0.1) is 6.07 Å². The third-order valence-electron chi connectivity index (χ3n) is 2.97. The van der Waals surface area contributed by atoms with Crippen molar-refractivity contribution >= 4 is 11.8 Å². The van der Waals surface area contributed by atoms with Gasteiger partial charge in [0.2, 0.25) is 5.16 Å². The lowest BCUT2D eigenvalue weighted by molar-refractivity contribution is 0.445. The standard InChI is InChI=1S/C15H19N5S/c1-11(2)10-20-15(17-18-19-20)21-14(9-16)8-13-6-4-12(3)5-7-13/h4-7,11,14H,8,10H2,1-3H3. The molecular formula is C15H19N5S. The Hall–Kier alpha value is -1.87. The van der Waals surface area contributed by atoms with E-state index in [0.717, 1.165) is 12.1 Å². The van der Waals surface area contributed by atoms with Gasteiger partial charge in [0.25, 0.3) is 0 Å². The van der Waals surface area contributed by atoms with Crippen molar-refractivity contribution in [2.75, 3.05) is 0 Å². The Balaban J connectivity index is 2.04. The topological polar surface area (TPSA) is 67.4 Å². The fourth-order valence-electron chi connectivity index (χ4n) is 1.92. The third kappa shape index (κ3) is 4.57. The molecule has 6 heteroatoms. The van der Waals surface area contributed by atoms with E-state index in [9.17, 15) is 5.26 Å². The predicted molar refractivity (Wildman–Crippen MR) is 82.8 cm³/mol. The van der Waals surface area contributed by atoms with Crippen LogP contribution in [-0.4, -0.2) is 25.5 Å². The Labute approximate surface area is 129 Å². The molecule has 21 heavy (non-hydrogen) atoms. The van der Waals surface area contributed by atoms with Crippen LogP contribution in [0.2, 0.25) is 0 Å². The Kier molecular flexibility index (Phi) is 5.34. The second kappa shape index (κ2) is 7.23. The highest BCUT2D eigenvalue weighted by molar-refractivity contribution is 8.00. The van der Waals surface area contributed by atoms with Gasteiger partial charge >= 0.3 is 0 Å². The van der Waals surface area contributed by atoms with Crippen molar-refractivity contribution in [3.63, 3.8) is 0 Å². The summed E-state index contributed by atoms with van der Waals surface area (Å²) < 4.78 is 1.77. The predicted octanol–water partition coefficient (Wildman–Crippen LogP) is 2.86. The highest BCUT2D eigenvalue weighted by atomic mass is 32.2. The molecule has 0 aliphatic rings. The van der Waals surface area contributed by atoms with Crippen LogP contribution in [0.1, 0.15) is 25.0 Å². The van der Waals surface area contributed by atoms with E-state index in [0.29, 0.717) is 17.5 Å². The van der Waals surface area contributed by atoms with Crippen LogP contribution in [0.3, 0.4) is 0 Å². The van der Waals surface area contributed by atoms with Gasteiger partial charge in [0.1, 0.15) is 5.25 Å². The number of nitriles is 1. The number of benzene rings is 1. The average Bonchev–Trinajstić information content (AvgIpc) is 2.87. The first-order valence-corrected chi connectivity index (χ1v) is 7.84. The van der Waals surface area contributed by atoms with Crippen molar-refractivity contribution < 1.29 is 0 Å². The molecule has 0 saturated carbocycles. The molecule has 0 fully saturated rings. The molecule has 0 spiro atoms. The van der Waals surface area contributed by atoms with Gasteiger partial charge in [-0.3, -0.25) is 0 Å². The van der Waals surface area contributed by atoms with Crippen LogP contribution >= 0.6 is 11.8 Å². The van der Waals surface area contributed by atoms with Crippen LogP contribution in [-0.2, 0) is 13.0 Å². The summed E-state index contributed by atoms with van der Waals surface area (Å²) in [5, 5.41) is 21.6. The normalized spacial score (nSPS) is 12.3. The minimum Gasteiger partial charge on any atom is -0.220 e. The van der Waals surface area contributed by atoms with Gasteiger partial charge in [-0.2, -0.15) is 5.26 Å². The molecule has 0 aliphatic carbocycles. The van der Waals surface area contributed by atoms with Gasteiger partial charge in [-0.15, -0.1) is 5.10 Å². The van der Waals surface area contributed by atoms with Gasteiger partial charge in [0.15, 0.2) is 0 Å². The van der Waals surface area contributed by atoms with E-state index in [4.69, 9.17) is 0 Å². The third-order valence-corrected chi connectivity index (χ3v) is 4.03. The number of aryl methyl sites for hydroxylation is 1. The van der Waals surface area contributed by atoms with E-state index in [-0.39, 0.29) is 5.25 Å². The lowest BCUT2D eigenvalue weighted by Gasteiger charge is -2.10. The molecule has 1 atom stereocenters. The Morgan fingerprint density at radius 1 is 1.29 bits per heavy atom. The molecule has 1 aromatic carbocycles. The summed E-state index contributed by atoms with van der Waals surface area (Å²) in [7, 11) is 0. The number of hydrogen-bond acceptors (Lipinski definition) is 5. The summed E-state index contributed by atoms with van der Waals surface area (Å²) in [6, 6.07) is 10.6. The summed E-state index contributed by atoms with van der Waals surface area (Å²) in [6.07, 6.45) is 0.690. The zero-order valence-corrected chi connectivity index (χ0v) is 13.3. The lowest BCUT2D eigenvalue weighted by Crippen LogP contribution is -2.11. The van der Waals surface area contributed by atoms with E-state index in [1.54, 1.807) is 4.68 Å². The molecule has 1 heterocycles. The Bertz CT molecular complexity index is 612. The summed E-state index contributed by atoms with van der Waals surface area (Å²) in [5.74, 6) is 0.463. The lowest BCUT2D eigenvalue weighted by atomic mass is 10.1. The van der Waals surface area contributed by atoms with E-state index in [1.807, 2.05) is 0 Å². The maximum absolute atomic E-state index is 9.36. The monoisotopic (exact) mass is 301 g/mol. The number of rotatable bonds is 6. The van der Waals surface area contributed by atoms with Gasteiger partial charge in [-0.1, -0.05) is 55.4 Å². The second-order valence-corrected chi connectivity index (χ2v) is 6.63. The fraction of sp³-hybridized carbons (Fsp3) is 0.467. The van der Waals surface area contributed by atoms with Crippen LogP contribution in [0.4, 0.5) is 0 Å². The first-order chi connectivity index (χ1) is 10.1. The van der Waals surface area contributed by atoms with E-state index in [1.165, 1.54) is 17.3 Å². The molecule has 2 aromatic rings. The number of aromatic nitrogens is 4. The van der Waals surface area contributed by atoms with Gasteiger partial charge in [0, 0.05) is 6.54 Å². The van der Waals surface area contributed by atoms with Gasteiger partial charge in [-0.25, -0.2) is 4.68 Å². The molecule has 5 nitrogen and oxygen atoms in total. The molecule has 0 N–H and O–H groups in total. The molecule has 0 radical (unpaired) electrons. The minimum atomic E-state index is -0.190. The zero-order valence-electron chi connectivity index (χ0n) is 12.5. The molecule has 0 saturated heterocycles. The minimum absolute atomic E-state index is 0.190. The highest BCUT2D eigenvalue weighted by Crippen LogP contribution is 2.23. The number of hydrogen-bond donors (Lipinski definition) is 0. The van der Waals surface area contributed by atoms with Crippen LogP contribution in [0.25, 0.3) is 0 Å². The second-order valence-electron chi connectivity index (χ2n) is 5.46. The van der Waals surface area contributed by atoms with E-state index in [2.05, 4.69) is 66.6 Å². The molecule has 0 aliphatic heterocycles.